The van der Waals surface area contributed by atoms with Crippen molar-refractivity contribution in [3.05, 3.63) is 72.6 Å². The van der Waals surface area contributed by atoms with Crippen molar-refractivity contribution in [2.75, 3.05) is 25.6 Å². The van der Waals surface area contributed by atoms with Gasteiger partial charge >= 0.3 is 0 Å². The first-order valence-corrected chi connectivity index (χ1v) is 13.2. The van der Waals surface area contributed by atoms with E-state index in [0.29, 0.717) is 54.0 Å². The lowest BCUT2D eigenvalue weighted by Crippen LogP contribution is -2.38. The molecule has 2 aromatic heterocycles. The van der Waals surface area contributed by atoms with Gasteiger partial charge in [-0.1, -0.05) is 6.07 Å². The average molecular weight is 555 g/mol. The van der Waals surface area contributed by atoms with Gasteiger partial charge in [-0.05, 0) is 55.7 Å². The molecule has 4 aromatic rings. The van der Waals surface area contributed by atoms with Crippen LogP contribution in [-0.2, 0) is 11.3 Å². The number of ether oxygens (including phenoxy) is 3. The van der Waals surface area contributed by atoms with Gasteiger partial charge in [0.2, 0.25) is 5.95 Å². The molecule has 2 aromatic carbocycles. The molecule has 210 valence electrons. The fraction of sp³-hybridized carbons (Fsp3) is 0.310. The Morgan fingerprint density at radius 1 is 1.15 bits per heavy atom. The lowest BCUT2D eigenvalue weighted by molar-refractivity contribution is 0.0696. The van der Waals surface area contributed by atoms with Crippen molar-refractivity contribution in [2.45, 2.75) is 38.5 Å². The van der Waals surface area contributed by atoms with Crippen LogP contribution in [0.4, 0.5) is 11.6 Å². The van der Waals surface area contributed by atoms with Crippen LogP contribution >= 0.6 is 0 Å². The summed E-state index contributed by atoms with van der Waals surface area (Å²) in [5.41, 5.74) is 3.11. The zero-order valence-corrected chi connectivity index (χ0v) is 22.8. The molecule has 1 atom stereocenters. The molecule has 0 bridgehead atoms. The van der Waals surface area contributed by atoms with E-state index in [2.05, 4.69) is 36.8 Å². The predicted octanol–water partition coefficient (Wildman–Crippen LogP) is 3.74. The maximum absolute atomic E-state index is 12.7. The number of benzene rings is 2. The molecule has 41 heavy (non-hydrogen) atoms. The number of carbonyl (C=O) groups excluding carboxylic acids is 1. The number of hydrogen-bond acceptors (Lipinski definition) is 10. The Labute approximate surface area is 237 Å². The van der Waals surface area contributed by atoms with Gasteiger partial charge in [-0.3, -0.25) is 4.79 Å². The maximum atomic E-state index is 12.7. The van der Waals surface area contributed by atoms with Crippen LogP contribution in [0.5, 0.6) is 11.5 Å². The second-order valence-electron chi connectivity index (χ2n) is 9.56. The van der Waals surface area contributed by atoms with E-state index < -0.39 is 0 Å². The molecule has 1 saturated heterocycles. The van der Waals surface area contributed by atoms with E-state index in [1.807, 2.05) is 13.0 Å². The van der Waals surface area contributed by atoms with Crippen molar-refractivity contribution in [3.8, 4) is 28.7 Å². The molecule has 3 heterocycles. The molecule has 5 rings (SSSR count). The number of amides is 1. The SMILES string of the molecule is COc1cc(C(=O)NC2CCOCC2)ccc1Nc1ncc(-c2ccc(C#N)c(OC(C)Cn3cncn3)c2)cn1. The number of nitrogens with zero attached hydrogens (tertiary/aromatic N) is 6. The Kier molecular flexibility index (Phi) is 8.66. The summed E-state index contributed by atoms with van der Waals surface area (Å²) in [4.78, 5) is 25.6. The van der Waals surface area contributed by atoms with Crippen LogP contribution in [0.25, 0.3) is 11.1 Å². The molecule has 0 saturated carbocycles. The van der Waals surface area contributed by atoms with Crippen molar-refractivity contribution in [2.24, 2.45) is 0 Å². The molecule has 12 nitrogen and oxygen atoms in total. The minimum atomic E-state index is -0.240. The largest absolute Gasteiger partial charge is 0.495 e. The first-order valence-electron chi connectivity index (χ1n) is 13.2. The van der Waals surface area contributed by atoms with E-state index in [-0.39, 0.29) is 18.1 Å². The Bertz CT molecular complexity index is 1510. The van der Waals surface area contributed by atoms with E-state index in [1.54, 1.807) is 60.8 Å². The van der Waals surface area contributed by atoms with Crippen LogP contribution in [0, 0.1) is 11.3 Å². The highest BCUT2D eigenvalue weighted by molar-refractivity contribution is 5.95. The maximum Gasteiger partial charge on any atom is 0.251 e. The van der Waals surface area contributed by atoms with E-state index in [4.69, 9.17) is 14.2 Å². The molecule has 0 aliphatic carbocycles. The second kappa shape index (κ2) is 12.9. The zero-order valence-electron chi connectivity index (χ0n) is 22.8. The number of carbonyl (C=O) groups is 1. The van der Waals surface area contributed by atoms with Crippen molar-refractivity contribution in [1.82, 2.24) is 30.0 Å². The van der Waals surface area contributed by atoms with E-state index >= 15 is 0 Å². The monoisotopic (exact) mass is 554 g/mol. The lowest BCUT2D eigenvalue weighted by Gasteiger charge is -2.23. The van der Waals surface area contributed by atoms with Gasteiger partial charge in [-0.2, -0.15) is 10.4 Å². The normalized spacial score (nSPS) is 14.1. The molecule has 1 amide bonds. The first kappa shape index (κ1) is 27.5. The van der Waals surface area contributed by atoms with Crippen molar-refractivity contribution >= 4 is 17.5 Å². The van der Waals surface area contributed by atoms with E-state index in [0.717, 1.165) is 24.0 Å². The molecular weight excluding hydrogens is 524 g/mol. The lowest BCUT2D eigenvalue weighted by atomic mass is 10.1. The molecule has 1 fully saturated rings. The standard InChI is InChI=1S/C29H30N8O4/c1-19(16-37-18-31-17-34-37)41-26-11-20(3-4-22(26)13-30)23-14-32-29(33-15-23)36-25-6-5-21(12-27(25)39-2)28(38)35-24-7-9-40-10-8-24/h3-6,11-12,14-15,17-19,24H,7-10,16H2,1-2H3,(H,35,38)(H,32,33,36). The summed E-state index contributed by atoms with van der Waals surface area (Å²) in [6.45, 7) is 3.70. The molecule has 1 aliphatic heterocycles. The molecule has 12 heteroatoms. The van der Waals surface area contributed by atoms with Gasteiger partial charge < -0.3 is 24.8 Å². The summed E-state index contributed by atoms with van der Waals surface area (Å²) in [5, 5.41) is 19.9. The zero-order chi connectivity index (χ0) is 28.6. The number of nitriles is 1. The third-order valence-electron chi connectivity index (χ3n) is 6.59. The third-order valence-corrected chi connectivity index (χ3v) is 6.59. The smallest absolute Gasteiger partial charge is 0.251 e. The number of aromatic nitrogens is 5. The average Bonchev–Trinajstić information content (AvgIpc) is 3.51. The highest BCUT2D eigenvalue weighted by Crippen LogP contribution is 2.30. The first-order chi connectivity index (χ1) is 20.0. The number of hydrogen-bond donors (Lipinski definition) is 2. The van der Waals surface area contributed by atoms with Crippen LogP contribution in [-0.4, -0.2) is 63.1 Å². The van der Waals surface area contributed by atoms with E-state index in [9.17, 15) is 10.1 Å². The highest BCUT2D eigenvalue weighted by atomic mass is 16.5. The van der Waals surface area contributed by atoms with Gasteiger partial charge in [0.15, 0.2) is 0 Å². The molecule has 1 unspecified atom stereocenters. The second-order valence-corrected chi connectivity index (χ2v) is 9.56. The quantitative estimate of drug-likeness (QED) is 0.297. The van der Waals surface area contributed by atoms with Crippen LogP contribution in [0.3, 0.4) is 0 Å². The van der Waals surface area contributed by atoms with Crippen molar-refractivity contribution < 1.29 is 19.0 Å². The third kappa shape index (κ3) is 6.95. The van der Waals surface area contributed by atoms with E-state index in [1.165, 1.54) is 6.33 Å². The van der Waals surface area contributed by atoms with Gasteiger partial charge in [0.1, 0.15) is 36.3 Å². The van der Waals surface area contributed by atoms with Gasteiger partial charge in [0, 0.05) is 42.8 Å². The Morgan fingerprint density at radius 3 is 2.66 bits per heavy atom. The van der Waals surface area contributed by atoms with Crippen LogP contribution < -0.4 is 20.1 Å². The summed E-state index contributed by atoms with van der Waals surface area (Å²) in [6, 6.07) is 12.8. The summed E-state index contributed by atoms with van der Waals surface area (Å²) in [6.07, 6.45) is 7.81. The summed E-state index contributed by atoms with van der Waals surface area (Å²) >= 11 is 0. The molecule has 0 spiro atoms. The van der Waals surface area contributed by atoms with Crippen LogP contribution in [0.15, 0.2) is 61.4 Å². The number of rotatable bonds is 10. The molecule has 2 N–H and O–H groups in total. The van der Waals surface area contributed by atoms with Crippen molar-refractivity contribution in [1.29, 1.82) is 5.26 Å². The fourth-order valence-electron chi connectivity index (χ4n) is 4.44. The number of nitrogens with one attached hydrogen (secondary N) is 2. The fourth-order valence-corrected chi connectivity index (χ4v) is 4.44. The van der Waals surface area contributed by atoms with Gasteiger partial charge in [0.05, 0.1) is 24.9 Å². The van der Waals surface area contributed by atoms with Crippen LogP contribution in [0.2, 0.25) is 0 Å². The van der Waals surface area contributed by atoms with Gasteiger partial charge in [0.25, 0.3) is 5.91 Å². The minimum absolute atomic E-state index is 0.105. The summed E-state index contributed by atoms with van der Waals surface area (Å²) in [7, 11) is 1.54. The summed E-state index contributed by atoms with van der Waals surface area (Å²) in [5.74, 6) is 1.16. The number of methoxy groups -OCH3 is 1. The minimum Gasteiger partial charge on any atom is -0.495 e. The Hall–Kier alpha value is -5.02. The van der Waals surface area contributed by atoms with Crippen LogP contribution in [0.1, 0.15) is 35.7 Å². The Balaban J connectivity index is 1.26. The number of anilines is 2. The molecule has 1 aliphatic rings. The topological polar surface area (TPSA) is 149 Å². The summed E-state index contributed by atoms with van der Waals surface area (Å²) < 4.78 is 18.6. The van der Waals surface area contributed by atoms with Gasteiger partial charge in [-0.15, -0.1) is 0 Å². The molecular formula is C29H30N8O4. The highest BCUT2D eigenvalue weighted by Gasteiger charge is 2.18. The predicted molar refractivity (Wildman–Crippen MR) is 150 cm³/mol. The van der Waals surface area contributed by atoms with Crippen molar-refractivity contribution in [3.63, 3.8) is 0 Å². The molecule has 0 radical (unpaired) electrons. The Morgan fingerprint density at radius 2 is 1.95 bits per heavy atom. The van der Waals surface area contributed by atoms with Gasteiger partial charge in [-0.25, -0.2) is 19.6 Å².